The van der Waals surface area contributed by atoms with E-state index in [1.165, 1.54) is 0 Å². The van der Waals surface area contributed by atoms with Gasteiger partial charge in [0.15, 0.2) is 0 Å². The highest BCUT2D eigenvalue weighted by Crippen LogP contribution is 2.05. The lowest BCUT2D eigenvalue weighted by Gasteiger charge is -1.83. The van der Waals surface area contributed by atoms with Crippen LogP contribution in [0, 0.1) is 5.41 Å². The fourth-order valence-electron chi connectivity index (χ4n) is 0.600. The average Bonchev–Trinajstić information content (AvgIpc) is 2.14. The van der Waals surface area contributed by atoms with E-state index in [2.05, 4.69) is 4.99 Å². The molecule has 42 valence electrons. The number of nitrogens with zero attached hydrogens (tertiary/aromatic N) is 1. The Hall–Kier alpha value is -0.920. The molecule has 1 N–H and O–H groups in total. The van der Waals surface area contributed by atoms with Crippen molar-refractivity contribution in [3.05, 3.63) is 11.8 Å². The summed E-state index contributed by atoms with van der Waals surface area (Å²) in [6.45, 7) is 2.03. The van der Waals surface area contributed by atoms with E-state index in [0.717, 1.165) is 12.1 Å². The summed E-state index contributed by atoms with van der Waals surface area (Å²) in [6, 6.07) is 0. The quantitative estimate of drug-likeness (QED) is 0.527. The van der Waals surface area contributed by atoms with Crippen molar-refractivity contribution in [2.24, 2.45) is 4.99 Å². The van der Waals surface area contributed by atoms with Gasteiger partial charge in [0.25, 0.3) is 0 Å². The van der Waals surface area contributed by atoms with E-state index in [9.17, 15) is 0 Å². The Labute approximate surface area is 48.4 Å². The third-order valence-electron chi connectivity index (χ3n) is 1.05. The second kappa shape index (κ2) is 1.90. The van der Waals surface area contributed by atoms with Crippen LogP contribution in [0.2, 0.25) is 0 Å². The van der Waals surface area contributed by atoms with Crippen molar-refractivity contribution >= 4 is 11.9 Å². The van der Waals surface area contributed by atoms with Gasteiger partial charge in [-0.2, -0.15) is 0 Å². The normalized spacial score (nSPS) is 17.1. The van der Waals surface area contributed by atoms with Crippen molar-refractivity contribution in [2.75, 3.05) is 0 Å². The molecule has 2 heteroatoms. The van der Waals surface area contributed by atoms with Crippen LogP contribution in [0.4, 0.5) is 0 Å². The number of allylic oxidation sites excluding steroid dienone is 2. The first-order valence-corrected chi connectivity index (χ1v) is 2.66. The minimum absolute atomic E-state index is 0.516. The lowest BCUT2D eigenvalue weighted by atomic mass is 10.3. The summed E-state index contributed by atoms with van der Waals surface area (Å²) in [7, 11) is 0. The van der Waals surface area contributed by atoms with Crippen LogP contribution < -0.4 is 0 Å². The zero-order chi connectivity index (χ0) is 5.98. The maximum Gasteiger partial charge on any atom is 0.0740 e. The molecule has 8 heavy (non-hydrogen) atoms. The molecule has 0 aliphatic carbocycles. The fourth-order valence-corrected chi connectivity index (χ4v) is 0.600. The highest BCUT2D eigenvalue weighted by Gasteiger charge is 1.98. The van der Waals surface area contributed by atoms with Crippen molar-refractivity contribution in [3.63, 3.8) is 0 Å². The van der Waals surface area contributed by atoms with Crippen molar-refractivity contribution in [2.45, 2.75) is 13.3 Å². The van der Waals surface area contributed by atoms with Gasteiger partial charge in [0.05, 0.1) is 11.9 Å². The van der Waals surface area contributed by atoms with Gasteiger partial charge in [-0.3, -0.25) is 10.4 Å². The number of rotatable bonds is 1. The third-order valence-corrected chi connectivity index (χ3v) is 1.05. The molecule has 0 saturated heterocycles. The molecule has 0 atom stereocenters. The minimum Gasteiger partial charge on any atom is -0.299 e. The standard InChI is InChI=1S/C6H8N2/c1-2-6-3-5(7)4-8-6/h3-4,7H,2H2,1H3. The second-order valence-corrected chi connectivity index (χ2v) is 1.70. The molecule has 0 unspecified atom stereocenters. The van der Waals surface area contributed by atoms with Crippen molar-refractivity contribution in [1.82, 2.24) is 0 Å². The van der Waals surface area contributed by atoms with Crippen LogP contribution in [0.1, 0.15) is 13.3 Å². The van der Waals surface area contributed by atoms with Crippen molar-refractivity contribution in [3.8, 4) is 0 Å². The zero-order valence-electron chi connectivity index (χ0n) is 4.81. The largest absolute Gasteiger partial charge is 0.299 e. The first kappa shape index (κ1) is 5.22. The third kappa shape index (κ3) is 0.832. The predicted molar refractivity (Wildman–Crippen MR) is 34.6 cm³/mol. The minimum atomic E-state index is 0.516. The summed E-state index contributed by atoms with van der Waals surface area (Å²) in [5.74, 6) is 0. The highest BCUT2D eigenvalue weighted by atomic mass is 14.8. The van der Waals surface area contributed by atoms with Gasteiger partial charge in [0.2, 0.25) is 0 Å². The fraction of sp³-hybridized carbons (Fsp3) is 0.333. The summed E-state index contributed by atoms with van der Waals surface area (Å²) < 4.78 is 0. The molecule has 0 aromatic rings. The molecular weight excluding hydrogens is 100 g/mol. The Morgan fingerprint density at radius 1 is 1.75 bits per heavy atom. The Morgan fingerprint density at radius 3 is 2.75 bits per heavy atom. The zero-order valence-corrected chi connectivity index (χ0v) is 4.81. The maximum absolute atomic E-state index is 7.06. The number of aliphatic imine (C=N–C) groups is 1. The highest BCUT2D eigenvalue weighted by molar-refractivity contribution is 6.36. The molecule has 0 radical (unpaired) electrons. The number of hydrogen-bond donors (Lipinski definition) is 1. The van der Waals surface area contributed by atoms with Gasteiger partial charge in [-0.05, 0) is 12.5 Å². The van der Waals surface area contributed by atoms with Crippen molar-refractivity contribution < 1.29 is 0 Å². The van der Waals surface area contributed by atoms with Crippen LogP contribution in [-0.2, 0) is 0 Å². The average molecular weight is 108 g/mol. The molecule has 0 aromatic carbocycles. The van der Waals surface area contributed by atoms with Gasteiger partial charge in [-0.15, -0.1) is 0 Å². The van der Waals surface area contributed by atoms with E-state index in [1.807, 2.05) is 6.92 Å². The molecule has 1 aliphatic heterocycles. The smallest absolute Gasteiger partial charge is 0.0740 e. The van der Waals surface area contributed by atoms with E-state index in [0.29, 0.717) is 5.71 Å². The van der Waals surface area contributed by atoms with Crippen LogP contribution in [0.5, 0.6) is 0 Å². The van der Waals surface area contributed by atoms with E-state index >= 15 is 0 Å². The molecule has 0 amide bonds. The second-order valence-electron chi connectivity index (χ2n) is 1.70. The maximum atomic E-state index is 7.06. The first-order valence-electron chi connectivity index (χ1n) is 2.66. The molecule has 1 rings (SSSR count). The van der Waals surface area contributed by atoms with E-state index in [1.54, 1.807) is 12.3 Å². The Bertz CT molecular complexity index is 165. The summed E-state index contributed by atoms with van der Waals surface area (Å²) in [4.78, 5) is 3.95. The van der Waals surface area contributed by atoms with Gasteiger partial charge in [0, 0.05) is 5.70 Å². The lowest BCUT2D eigenvalue weighted by Crippen LogP contribution is -1.83. The van der Waals surface area contributed by atoms with E-state index < -0.39 is 0 Å². The molecule has 0 saturated carbocycles. The molecule has 1 heterocycles. The number of hydrogen-bond acceptors (Lipinski definition) is 2. The predicted octanol–water partition coefficient (Wildman–Crippen LogP) is 1.38. The lowest BCUT2D eigenvalue weighted by molar-refractivity contribution is 1.08. The SMILES string of the molecule is CCC1=CC(=N)C=N1. The molecular formula is C6H8N2. The topological polar surface area (TPSA) is 36.2 Å². The number of nitrogens with one attached hydrogen (secondary N) is 1. The molecule has 1 aliphatic rings. The Morgan fingerprint density at radius 2 is 2.50 bits per heavy atom. The van der Waals surface area contributed by atoms with Crippen LogP contribution in [0.3, 0.4) is 0 Å². The monoisotopic (exact) mass is 108 g/mol. The molecule has 2 nitrogen and oxygen atoms in total. The van der Waals surface area contributed by atoms with Crippen molar-refractivity contribution in [1.29, 1.82) is 5.41 Å². The van der Waals surface area contributed by atoms with Gasteiger partial charge in [0.1, 0.15) is 0 Å². The Kier molecular flexibility index (Phi) is 1.24. The molecule has 0 spiro atoms. The van der Waals surface area contributed by atoms with E-state index in [-0.39, 0.29) is 0 Å². The summed E-state index contributed by atoms with van der Waals surface area (Å²) in [5, 5.41) is 7.06. The van der Waals surface area contributed by atoms with Gasteiger partial charge in [-0.25, -0.2) is 0 Å². The summed E-state index contributed by atoms with van der Waals surface area (Å²) in [6.07, 6.45) is 4.28. The van der Waals surface area contributed by atoms with E-state index in [4.69, 9.17) is 5.41 Å². The molecule has 0 aromatic heterocycles. The summed E-state index contributed by atoms with van der Waals surface area (Å²) in [5.41, 5.74) is 1.52. The Balaban J connectivity index is 2.72. The molecule has 0 bridgehead atoms. The van der Waals surface area contributed by atoms with Gasteiger partial charge in [-0.1, -0.05) is 6.92 Å². The summed E-state index contributed by atoms with van der Waals surface area (Å²) >= 11 is 0. The molecule has 0 fully saturated rings. The van der Waals surface area contributed by atoms with Gasteiger partial charge >= 0.3 is 0 Å². The van der Waals surface area contributed by atoms with Gasteiger partial charge < -0.3 is 0 Å². The first-order chi connectivity index (χ1) is 3.83. The van der Waals surface area contributed by atoms with Crippen LogP contribution in [0.25, 0.3) is 0 Å². The van der Waals surface area contributed by atoms with Crippen LogP contribution >= 0.6 is 0 Å². The van der Waals surface area contributed by atoms with Crippen LogP contribution in [-0.4, -0.2) is 11.9 Å². The van der Waals surface area contributed by atoms with Crippen LogP contribution in [0.15, 0.2) is 16.8 Å².